The molecule has 0 atom stereocenters. The van der Waals surface area contributed by atoms with Crippen molar-refractivity contribution in [1.29, 1.82) is 0 Å². The lowest BCUT2D eigenvalue weighted by atomic mass is 10.1. The molecular formula is C21H16N2O6. The predicted octanol–water partition coefficient (Wildman–Crippen LogP) is 2.63. The third-order valence-electron chi connectivity index (χ3n) is 4.36. The maximum absolute atomic E-state index is 12.7. The molecule has 0 saturated carbocycles. The van der Waals surface area contributed by atoms with Crippen molar-refractivity contribution in [2.24, 2.45) is 0 Å². The highest BCUT2D eigenvalue weighted by Gasteiger charge is 2.39. The van der Waals surface area contributed by atoms with Crippen molar-refractivity contribution in [3.63, 3.8) is 0 Å². The van der Waals surface area contributed by atoms with Gasteiger partial charge in [-0.25, -0.2) is 9.78 Å². The van der Waals surface area contributed by atoms with Crippen molar-refractivity contribution in [2.45, 2.75) is 0 Å². The van der Waals surface area contributed by atoms with Gasteiger partial charge in [0.2, 0.25) is 0 Å². The maximum Gasteiger partial charge on any atom is 0.382 e. The summed E-state index contributed by atoms with van der Waals surface area (Å²) < 4.78 is 10.7. The van der Waals surface area contributed by atoms with E-state index < -0.39 is 17.8 Å². The van der Waals surface area contributed by atoms with E-state index in [0.717, 1.165) is 0 Å². The second-order valence-electron chi connectivity index (χ2n) is 6.19. The van der Waals surface area contributed by atoms with Crippen molar-refractivity contribution < 1.29 is 28.7 Å². The lowest BCUT2D eigenvalue weighted by molar-refractivity contribution is -0.0588. The molecule has 8 heteroatoms. The summed E-state index contributed by atoms with van der Waals surface area (Å²) in [7, 11) is 1.55. The van der Waals surface area contributed by atoms with Gasteiger partial charge in [-0.15, -0.1) is 0 Å². The number of aromatic nitrogens is 1. The van der Waals surface area contributed by atoms with Crippen LogP contribution >= 0.6 is 0 Å². The molecule has 1 aliphatic rings. The van der Waals surface area contributed by atoms with E-state index in [1.54, 1.807) is 31.4 Å². The molecule has 4 rings (SSSR count). The van der Waals surface area contributed by atoms with Crippen LogP contribution in [-0.4, -0.2) is 48.2 Å². The molecule has 1 aromatic heterocycles. The van der Waals surface area contributed by atoms with Crippen molar-refractivity contribution in [3.05, 3.63) is 71.4 Å². The lowest BCUT2D eigenvalue weighted by Gasteiger charge is -2.14. The lowest BCUT2D eigenvalue weighted by Crippen LogP contribution is -2.33. The van der Waals surface area contributed by atoms with E-state index in [1.807, 2.05) is 12.1 Å². The Balaban J connectivity index is 1.62. The number of para-hydroxylation sites is 1. The Kier molecular flexibility index (Phi) is 4.92. The Bertz CT molecular complexity index is 1090. The van der Waals surface area contributed by atoms with Crippen LogP contribution in [0.15, 0.2) is 54.6 Å². The Morgan fingerprint density at radius 3 is 2.31 bits per heavy atom. The standard InChI is InChI=1S/C21H16N2O6/c1-27-10-11-28-18-12-17(22-16-9-5-4-8-15(16)18)21(26)29-23-19(24)13-6-2-3-7-14(13)20(23)25/h2-9,12H,10-11H2,1H3. The van der Waals surface area contributed by atoms with E-state index in [-0.39, 0.29) is 23.4 Å². The van der Waals surface area contributed by atoms with Crippen molar-refractivity contribution in [1.82, 2.24) is 10.0 Å². The number of amides is 2. The van der Waals surface area contributed by atoms with Crippen LogP contribution in [0.2, 0.25) is 0 Å². The molecule has 0 spiro atoms. The fraction of sp³-hybridized carbons (Fsp3) is 0.143. The van der Waals surface area contributed by atoms with Gasteiger partial charge >= 0.3 is 5.97 Å². The maximum atomic E-state index is 12.7. The summed E-state index contributed by atoms with van der Waals surface area (Å²) >= 11 is 0. The van der Waals surface area contributed by atoms with Gasteiger partial charge in [-0.1, -0.05) is 29.3 Å². The minimum absolute atomic E-state index is 0.0901. The molecular weight excluding hydrogens is 376 g/mol. The second-order valence-corrected chi connectivity index (χ2v) is 6.19. The summed E-state index contributed by atoms with van der Waals surface area (Å²) in [4.78, 5) is 46.8. The number of methoxy groups -OCH3 is 1. The fourth-order valence-electron chi connectivity index (χ4n) is 2.98. The highest BCUT2D eigenvalue weighted by molar-refractivity contribution is 6.21. The number of hydrogen-bond acceptors (Lipinski definition) is 7. The van der Waals surface area contributed by atoms with Gasteiger partial charge < -0.3 is 14.3 Å². The number of carbonyl (C=O) groups excluding carboxylic acids is 3. The summed E-state index contributed by atoms with van der Waals surface area (Å²) in [6.07, 6.45) is 0. The molecule has 0 bridgehead atoms. The molecule has 0 fully saturated rings. The molecule has 0 radical (unpaired) electrons. The molecule has 0 N–H and O–H groups in total. The molecule has 146 valence electrons. The average molecular weight is 392 g/mol. The summed E-state index contributed by atoms with van der Waals surface area (Å²) in [5, 5.41) is 1.16. The summed E-state index contributed by atoms with van der Waals surface area (Å²) in [5.41, 5.74) is 0.783. The van der Waals surface area contributed by atoms with Gasteiger partial charge in [-0.2, -0.15) is 0 Å². The van der Waals surface area contributed by atoms with E-state index in [4.69, 9.17) is 14.3 Å². The zero-order chi connectivity index (χ0) is 20.4. The number of benzene rings is 2. The third-order valence-corrected chi connectivity index (χ3v) is 4.36. The van der Waals surface area contributed by atoms with Gasteiger partial charge in [-0.05, 0) is 24.3 Å². The zero-order valence-electron chi connectivity index (χ0n) is 15.5. The van der Waals surface area contributed by atoms with Gasteiger partial charge in [0.05, 0.1) is 23.3 Å². The highest BCUT2D eigenvalue weighted by atomic mass is 16.7. The van der Waals surface area contributed by atoms with E-state index in [9.17, 15) is 14.4 Å². The number of imide groups is 1. The number of pyridine rings is 1. The topological polar surface area (TPSA) is 95.0 Å². The van der Waals surface area contributed by atoms with E-state index >= 15 is 0 Å². The van der Waals surface area contributed by atoms with Crippen LogP contribution in [0.25, 0.3) is 10.9 Å². The first-order valence-electron chi connectivity index (χ1n) is 8.82. The quantitative estimate of drug-likeness (QED) is 0.470. The Morgan fingerprint density at radius 2 is 1.62 bits per heavy atom. The molecule has 0 aliphatic carbocycles. The molecule has 1 aliphatic heterocycles. The third kappa shape index (κ3) is 3.41. The van der Waals surface area contributed by atoms with Crippen LogP contribution in [0.1, 0.15) is 31.2 Å². The predicted molar refractivity (Wildman–Crippen MR) is 101 cm³/mol. The monoisotopic (exact) mass is 392 g/mol. The number of hydroxylamine groups is 2. The first-order chi connectivity index (χ1) is 14.1. The molecule has 2 heterocycles. The average Bonchev–Trinajstić information content (AvgIpc) is 2.99. The number of rotatable bonds is 6. The first kappa shape index (κ1) is 18.6. The summed E-state index contributed by atoms with van der Waals surface area (Å²) in [5.74, 6) is -1.92. The number of ether oxygens (including phenoxy) is 2. The first-order valence-corrected chi connectivity index (χ1v) is 8.82. The van der Waals surface area contributed by atoms with Gasteiger partial charge in [0, 0.05) is 18.6 Å². The van der Waals surface area contributed by atoms with Crippen molar-refractivity contribution in [3.8, 4) is 5.75 Å². The largest absolute Gasteiger partial charge is 0.490 e. The van der Waals surface area contributed by atoms with E-state index in [0.29, 0.717) is 28.3 Å². The number of nitrogens with zero attached hydrogens (tertiary/aromatic N) is 2. The number of hydrogen-bond donors (Lipinski definition) is 0. The minimum atomic E-state index is -0.943. The summed E-state index contributed by atoms with van der Waals surface area (Å²) in [6.45, 7) is 0.642. The van der Waals surface area contributed by atoms with Gasteiger partial charge in [-0.3, -0.25) is 9.59 Å². The normalized spacial score (nSPS) is 12.9. The second kappa shape index (κ2) is 7.69. The van der Waals surface area contributed by atoms with E-state index in [2.05, 4.69) is 4.98 Å². The van der Waals surface area contributed by atoms with Gasteiger partial charge in [0.15, 0.2) is 5.69 Å². The number of carbonyl (C=O) groups is 3. The minimum Gasteiger partial charge on any atom is -0.490 e. The SMILES string of the molecule is COCCOc1cc(C(=O)ON2C(=O)c3ccccc3C2=O)nc2ccccc12. The molecule has 3 aromatic rings. The Labute approximate surface area is 165 Å². The zero-order valence-corrected chi connectivity index (χ0v) is 15.5. The van der Waals surface area contributed by atoms with Crippen molar-refractivity contribution >= 4 is 28.7 Å². The Morgan fingerprint density at radius 1 is 0.966 bits per heavy atom. The van der Waals surface area contributed by atoms with Crippen LogP contribution in [0.5, 0.6) is 5.75 Å². The molecule has 8 nitrogen and oxygen atoms in total. The highest BCUT2D eigenvalue weighted by Crippen LogP contribution is 2.27. The molecule has 0 saturated heterocycles. The van der Waals surface area contributed by atoms with E-state index in [1.165, 1.54) is 18.2 Å². The van der Waals surface area contributed by atoms with Crippen LogP contribution in [-0.2, 0) is 9.57 Å². The Hall–Kier alpha value is -3.78. The molecule has 2 amide bonds. The van der Waals surface area contributed by atoms with Crippen LogP contribution < -0.4 is 4.74 Å². The van der Waals surface area contributed by atoms with Crippen LogP contribution in [0, 0.1) is 0 Å². The van der Waals surface area contributed by atoms with Crippen molar-refractivity contribution in [2.75, 3.05) is 20.3 Å². The van der Waals surface area contributed by atoms with Crippen LogP contribution in [0.4, 0.5) is 0 Å². The molecule has 2 aromatic carbocycles. The molecule has 0 unspecified atom stereocenters. The van der Waals surface area contributed by atoms with Gasteiger partial charge in [0.25, 0.3) is 11.8 Å². The molecule has 29 heavy (non-hydrogen) atoms. The van der Waals surface area contributed by atoms with Crippen LogP contribution in [0.3, 0.4) is 0 Å². The summed E-state index contributed by atoms with van der Waals surface area (Å²) in [6, 6.07) is 14.8. The fourth-order valence-corrected chi connectivity index (χ4v) is 2.98. The number of fused-ring (bicyclic) bond motifs is 2. The smallest absolute Gasteiger partial charge is 0.382 e. The van der Waals surface area contributed by atoms with Gasteiger partial charge in [0.1, 0.15) is 12.4 Å².